The van der Waals surface area contributed by atoms with Crippen molar-refractivity contribution in [2.24, 2.45) is 5.92 Å². The molecule has 0 amide bonds. The van der Waals surface area contributed by atoms with Gasteiger partial charge in [-0.05, 0) is 38.0 Å². The number of hydrogen-bond donors (Lipinski definition) is 1. The summed E-state index contributed by atoms with van der Waals surface area (Å²) >= 11 is 0. The molecule has 2 heterocycles. The highest BCUT2D eigenvalue weighted by Gasteiger charge is 2.25. The molecule has 0 aromatic carbocycles. The summed E-state index contributed by atoms with van der Waals surface area (Å²) in [6.07, 6.45) is 7.55. The lowest BCUT2D eigenvalue weighted by Crippen LogP contribution is -2.14. The Morgan fingerprint density at radius 3 is 3.06 bits per heavy atom. The molecule has 3 unspecified atom stereocenters. The van der Waals surface area contributed by atoms with Crippen molar-refractivity contribution in [2.45, 2.75) is 64.4 Å². The van der Waals surface area contributed by atoms with Crippen LogP contribution < -0.4 is 0 Å². The van der Waals surface area contributed by atoms with Crippen LogP contribution in [0.4, 0.5) is 0 Å². The minimum absolute atomic E-state index is 0.475. The van der Waals surface area contributed by atoms with Gasteiger partial charge in [-0.1, -0.05) is 13.8 Å². The van der Waals surface area contributed by atoms with E-state index in [-0.39, 0.29) is 0 Å². The molecule has 1 aliphatic heterocycles. The minimum Gasteiger partial charge on any atom is -0.378 e. The molecule has 18 heavy (non-hydrogen) atoms. The Bertz CT molecular complexity index is 407. The van der Waals surface area contributed by atoms with E-state index in [1.54, 1.807) is 0 Å². The standard InChI is InChI=1S/C15H24N2O/c1-10-8-11(2)15-13(9-10)16-14(17-15)6-5-12-4-3-7-18-12/h10-12H,3-9H2,1-2H3,(H,16,17). The third-order valence-corrected chi connectivity index (χ3v) is 4.36. The van der Waals surface area contributed by atoms with Crippen LogP contribution in [0, 0.1) is 5.92 Å². The fraction of sp³-hybridized carbons (Fsp3) is 0.800. The summed E-state index contributed by atoms with van der Waals surface area (Å²) < 4.78 is 5.67. The number of fused-ring (bicyclic) bond motifs is 1. The topological polar surface area (TPSA) is 37.9 Å². The zero-order chi connectivity index (χ0) is 12.5. The Morgan fingerprint density at radius 2 is 2.28 bits per heavy atom. The van der Waals surface area contributed by atoms with Crippen LogP contribution in [-0.2, 0) is 17.6 Å². The number of hydrogen-bond acceptors (Lipinski definition) is 2. The van der Waals surface area contributed by atoms with E-state index >= 15 is 0 Å². The first-order chi connectivity index (χ1) is 8.72. The van der Waals surface area contributed by atoms with E-state index in [2.05, 4.69) is 18.8 Å². The normalized spacial score (nSPS) is 31.6. The molecule has 1 saturated heterocycles. The van der Waals surface area contributed by atoms with Gasteiger partial charge in [0.2, 0.25) is 0 Å². The van der Waals surface area contributed by atoms with Gasteiger partial charge in [-0.3, -0.25) is 0 Å². The summed E-state index contributed by atoms with van der Waals surface area (Å²) in [7, 11) is 0. The Labute approximate surface area is 109 Å². The summed E-state index contributed by atoms with van der Waals surface area (Å²) in [6, 6.07) is 0. The number of nitrogens with zero attached hydrogens (tertiary/aromatic N) is 1. The molecule has 3 nitrogen and oxygen atoms in total. The van der Waals surface area contributed by atoms with Gasteiger partial charge in [-0.15, -0.1) is 0 Å². The SMILES string of the molecule is CC1Cc2[nH]c(CCC3CCCO3)nc2C(C)C1. The lowest BCUT2D eigenvalue weighted by molar-refractivity contribution is 0.104. The van der Waals surface area contributed by atoms with Crippen molar-refractivity contribution in [3.05, 3.63) is 17.2 Å². The van der Waals surface area contributed by atoms with Crippen molar-refractivity contribution < 1.29 is 4.74 Å². The maximum absolute atomic E-state index is 5.67. The van der Waals surface area contributed by atoms with Gasteiger partial charge in [0.15, 0.2) is 0 Å². The first kappa shape index (κ1) is 12.2. The van der Waals surface area contributed by atoms with Crippen LogP contribution in [0.5, 0.6) is 0 Å². The molecule has 0 radical (unpaired) electrons. The van der Waals surface area contributed by atoms with Crippen molar-refractivity contribution in [1.82, 2.24) is 9.97 Å². The van der Waals surface area contributed by atoms with Gasteiger partial charge in [0.25, 0.3) is 0 Å². The molecule has 2 aliphatic rings. The highest BCUT2D eigenvalue weighted by atomic mass is 16.5. The summed E-state index contributed by atoms with van der Waals surface area (Å²) in [4.78, 5) is 8.37. The summed E-state index contributed by atoms with van der Waals surface area (Å²) in [6.45, 7) is 5.60. The van der Waals surface area contributed by atoms with Crippen LogP contribution in [0.25, 0.3) is 0 Å². The molecular formula is C15H24N2O. The van der Waals surface area contributed by atoms with Crippen LogP contribution in [0.1, 0.15) is 62.7 Å². The molecule has 0 spiro atoms. The molecule has 1 aromatic rings. The molecule has 100 valence electrons. The first-order valence-corrected chi connectivity index (χ1v) is 7.41. The van der Waals surface area contributed by atoms with Gasteiger partial charge >= 0.3 is 0 Å². The molecule has 3 rings (SSSR count). The molecule has 3 atom stereocenters. The number of aromatic nitrogens is 2. The van der Waals surface area contributed by atoms with Crippen molar-refractivity contribution in [1.29, 1.82) is 0 Å². The van der Waals surface area contributed by atoms with Gasteiger partial charge in [0, 0.05) is 24.6 Å². The Balaban J connectivity index is 1.65. The summed E-state index contributed by atoms with van der Waals surface area (Å²) in [5.41, 5.74) is 2.72. The predicted molar refractivity (Wildman–Crippen MR) is 71.8 cm³/mol. The monoisotopic (exact) mass is 248 g/mol. The Hall–Kier alpha value is -0.830. The summed E-state index contributed by atoms with van der Waals surface area (Å²) in [5, 5.41) is 0. The van der Waals surface area contributed by atoms with Crippen LogP contribution in [0.2, 0.25) is 0 Å². The largest absolute Gasteiger partial charge is 0.378 e. The maximum atomic E-state index is 5.67. The van der Waals surface area contributed by atoms with Crippen LogP contribution in [-0.4, -0.2) is 22.7 Å². The number of aryl methyl sites for hydroxylation is 1. The highest BCUT2D eigenvalue weighted by Crippen LogP contribution is 2.33. The number of imidazole rings is 1. The lowest BCUT2D eigenvalue weighted by Gasteiger charge is -2.22. The molecule has 1 fully saturated rings. The van der Waals surface area contributed by atoms with Crippen LogP contribution >= 0.6 is 0 Å². The number of H-pyrrole nitrogens is 1. The van der Waals surface area contributed by atoms with E-state index < -0.39 is 0 Å². The second kappa shape index (κ2) is 5.04. The molecule has 0 bridgehead atoms. The van der Waals surface area contributed by atoms with Crippen LogP contribution in [0.3, 0.4) is 0 Å². The molecule has 3 heteroatoms. The maximum Gasteiger partial charge on any atom is 0.106 e. The number of rotatable bonds is 3. The third kappa shape index (κ3) is 2.46. The number of ether oxygens (including phenoxy) is 1. The fourth-order valence-corrected chi connectivity index (χ4v) is 3.48. The predicted octanol–water partition coefficient (Wildman–Crippen LogP) is 3.21. The second-order valence-corrected chi connectivity index (χ2v) is 6.17. The van der Waals surface area contributed by atoms with Gasteiger partial charge in [-0.25, -0.2) is 4.98 Å². The van der Waals surface area contributed by atoms with E-state index in [9.17, 15) is 0 Å². The average molecular weight is 248 g/mol. The minimum atomic E-state index is 0.475. The number of nitrogens with one attached hydrogen (secondary N) is 1. The zero-order valence-corrected chi connectivity index (χ0v) is 11.5. The van der Waals surface area contributed by atoms with E-state index in [4.69, 9.17) is 9.72 Å². The van der Waals surface area contributed by atoms with Crippen LogP contribution in [0.15, 0.2) is 0 Å². The fourth-order valence-electron chi connectivity index (χ4n) is 3.48. The van der Waals surface area contributed by atoms with Gasteiger partial charge < -0.3 is 9.72 Å². The van der Waals surface area contributed by atoms with E-state index in [0.29, 0.717) is 12.0 Å². The van der Waals surface area contributed by atoms with E-state index in [1.807, 2.05) is 0 Å². The highest BCUT2D eigenvalue weighted by molar-refractivity contribution is 5.22. The lowest BCUT2D eigenvalue weighted by atomic mass is 9.84. The molecule has 1 aliphatic carbocycles. The number of aromatic amines is 1. The molecule has 0 saturated carbocycles. The Kier molecular flexibility index (Phi) is 3.42. The molecular weight excluding hydrogens is 224 g/mol. The van der Waals surface area contributed by atoms with Gasteiger partial charge in [0.1, 0.15) is 5.82 Å². The first-order valence-electron chi connectivity index (χ1n) is 7.41. The Morgan fingerprint density at radius 1 is 1.39 bits per heavy atom. The zero-order valence-electron chi connectivity index (χ0n) is 11.5. The second-order valence-electron chi connectivity index (χ2n) is 6.17. The van der Waals surface area contributed by atoms with Crippen molar-refractivity contribution in [3.63, 3.8) is 0 Å². The van der Waals surface area contributed by atoms with E-state index in [1.165, 1.54) is 42.9 Å². The van der Waals surface area contributed by atoms with Crippen molar-refractivity contribution in [3.8, 4) is 0 Å². The van der Waals surface area contributed by atoms with Crippen molar-refractivity contribution in [2.75, 3.05) is 6.61 Å². The van der Waals surface area contributed by atoms with Gasteiger partial charge in [-0.2, -0.15) is 0 Å². The molecule has 1 N–H and O–H groups in total. The summed E-state index contributed by atoms with van der Waals surface area (Å²) in [5.74, 6) is 2.59. The van der Waals surface area contributed by atoms with E-state index in [0.717, 1.165) is 25.4 Å². The third-order valence-electron chi connectivity index (χ3n) is 4.36. The van der Waals surface area contributed by atoms with Crippen molar-refractivity contribution >= 4 is 0 Å². The average Bonchev–Trinajstić information content (AvgIpc) is 2.93. The molecule has 1 aromatic heterocycles. The quantitative estimate of drug-likeness (QED) is 0.892. The smallest absolute Gasteiger partial charge is 0.106 e. The van der Waals surface area contributed by atoms with Gasteiger partial charge in [0.05, 0.1) is 11.8 Å².